The Kier molecular flexibility index (Phi) is 6.48. The first-order valence-corrected chi connectivity index (χ1v) is 11.1. The van der Waals surface area contributed by atoms with Crippen molar-refractivity contribution in [2.45, 2.75) is 37.3 Å². The molecule has 9 heteroatoms. The predicted molar refractivity (Wildman–Crippen MR) is 122 cm³/mol. The predicted octanol–water partition coefficient (Wildman–Crippen LogP) is 5.30. The molecular formula is C22H22ClN5O2S. The summed E-state index contributed by atoms with van der Waals surface area (Å²) in [7, 11) is 0. The normalized spacial score (nSPS) is 11.2. The van der Waals surface area contributed by atoms with E-state index < -0.39 is 0 Å². The molecule has 0 saturated heterocycles. The van der Waals surface area contributed by atoms with Gasteiger partial charge in [0.25, 0.3) is 0 Å². The van der Waals surface area contributed by atoms with Crippen molar-refractivity contribution in [3.05, 3.63) is 76.9 Å². The zero-order chi connectivity index (χ0) is 21.8. The van der Waals surface area contributed by atoms with Crippen LogP contribution in [0.1, 0.15) is 36.8 Å². The van der Waals surface area contributed by atoms with Crippen LogP contribution in [0.5, 0.6) is 5.75 Å². The highest BCUT2D eigenvalue weighted by molar-refractivity contribution is 7.98. The summed E-state index contributed by atoms with van der Waals surface area (Å²) in [5.41, 5.74) is 2.77. The molecule has 31 heavy (non-hydrogen) atoms. The number of hydrogen-bond donors (Lipinski definition) is 1. The second kappa shape index (κ2) is 9.45. The van der Waals surface area contributed by atoms with Gasteiger partial charge in [0.05, 0.1) is 16.3 Å². The van der Waals surface area contributed by atoms with Crippen LogP contribution in [0.2, 0.25) is 5.02 Å². The van der Waals surface area contributed by atoms with Gasteiger partial charge < -0.3 is 15.0 Å². The van der Waals surface area contributed by atoms with Crippen molar-refractivity contribution in [1.82, 2.24) is 19.9 Å². The van der Waals surface area contributed by atoms with E-state index in [1.807, 2.05) is 30.3 Å². The highest BCUT2D eigenvalue weighted by Gasteiger charge is 2.14. The van der Waals surface area contributed by atoms with Crippen LogP contribution in [0.4, 0.5) is 0 Å². The minimum absolute atomic E-state index is 0.228. The van der Waals surface area contributed by atoms with Crippen LogP contribution >= 0.6 is 23.4 Å². The SMILES string of the molecule is CC(C)c1ccc(OCc2nnc(SCc3coc(-c4ccccc4Cl)n3)n2N)cc1. The van der Waals surface area contributed by atoms with E-state index in [1.54, 1.807) is 12.3 Å². The molecule has 0 aliphatic rings. The molecule has 0 spiro atoms. The molecule has 2 aromatic carbocycles. The molecule has 0 bridgehead atoms. The number of nitrogens with zero attached hydrogens (tertiary/aromatic N) is 4. The second-order valence-corrected chi connectivity index (χ2v) is 8.54. The van der Waals surface area contributed by atoms with Crippen molar-refractivity contribution in [1.29, 1.82) is 0 Å². The van der Waals surface area contributed by atoms with Crippen molar-refractivity contribution in [3.8, 4) is 17.2 Å². The molecule has 2 heterocycles. The van der Waals surface area contributed by atoms with Gasteiger partial charge in [0.1, 0.15) is 18.6 Å². The number of nitrogens with two attached hydrogens (primary N) is 1. The molecule has 0 radical (unpaired) electrons. The van der Waals surface area contributed by atoms with E-state index in [0.717, 1.165) is 17.0 Å². The molecule has 0 atom stereocenters. The average molecular weight is 456 g/mol. The Balaban J connectivity index is 1.35. The first-order valence-electron chi connectivity index (χ1n) is 9.75. The number of oxazole rings is 1. The van der Waals surface area contributed by atoms with Crippen LogP contribution in [0.15, 0.2) is 64.4 Å². The van der Waals surface area contributed by atoms with E-state index in [9.17, 15) is 0 Å². The maximum atomic E-state index is 6.20. The molecular weight excluding hydrogens is 434 g/mol. The Morgan fingerprint density at radius 2 is 1.90 bits per heavy atom. The number of aromatic nitrogens is 4. The quantitative estimate of drug-likeness (QED) is 0.285. The van der Waals surface area contributed by atoms with Gasteiger partial charge in [-0.3, -0.25) is 0 Å². The molecule has 2 aromatic heterocycles. The highest BCUT2D eigenvalue weighted by atomic mass is 35.5. The Morgan fingerprint density at radius 3 is 2.65 bits per heavy atom. The van der Waals surface area contributed by atoms with Crippen LogP contribution in [0, 0.1) is 0 Å². The number of nitrogen functional groups attached to an aromatic ring is 1. The summed E-state index contributed by atoms with van der Waals surface area (Å²) in [6, 6.07) is 15.4. The molecule has 160 valence electrons. The summed E-state index contributed by atoms with van der Waals surface area (Å²) < 4.78 is 12.8. The molecule has 7 nitrogen and oxygen atoms in total. The lowest BCUT2D eigenvalue weighted by Gasteiger charge is -2.08. The maximum absolute atomic E-state index is 6.20. The van der Waals surface area contributed by atoms with E-state index in [-0.39, 0.29) is 6.61 Å². The van der Waals surface area contributed by atoms with Gasteiger partial charge in [0.15, 0.2) is 5.82 Å². The summed E-state index contributed by atoms with van der Waals surface area (Å²) in [4.78, 5) is 4.49. The monoisotopic (exact) mass is 455 g/mol. The topological polar surface area (TPSA) is 92.0 Å². The van der Waals surface area contributed by atoms with Gasteiger partial charge in [-0.15, -0.1) is 10.2 Å². The van der Waals surface area contributed by atoms with Gasteiger partial charge in [-0.1, -0.05) is 61.5 Å². The van der Waals surface area contributed by atoms with Gasteiger partial charge in [-0.2, -0.15) is 0 Å². The summed E-state index contributed by atoms with van der Waals surface area (Å²) in [6.07, 6.45) is 1.60. The Morgan fingerprint density at radius 1 is 1.13 bits per heavy atom. The van der Waals surface area contributed by atoms with Crippen LogP contribution in [-0.4, -0.2) is 19.9 Å². The minimum atomic E-state index is 0.228. The number of hydrogen-bond acceptors (Lipinski definition) is 7. The molecule has 4 rings (SSSR count). The number of benzene rings is 2. The Hall–Kier alpha value is -2.97. The van der Waals surface area contributed by atoms with Crippen LogP contribution in [0.3, 0.4) is 0 Å². The molecule has 0 aliphatic carbocycles. The fourth-order valence-electron chi connectivity index (χ4n) is 2.87. The first-order chi connectivity index (χ1) is 15.0. The van der Waals surface area contributed by atoms with Crippen LogP contribution < -0.4 is 10.6 Å². The van der Waals surface area contributed by atoms with E-state index >= 15 is 0 Å². The van der Waals surface area contributed by atoms with E-state index in [4.69, 9.17) is 26.6 Å². The number of rotatable bonds is 8. The van der Waals surface area contributed by atoms with Crippen molar-refractivity contribution in [2.75, 3.05) is 5.84 Å². The Bertz CT molecular complexity index is 1160. The lowest BCUT2D eigenvalue weighted by atomic mass is 10.0. The van der Waals surface area contributed by atoms with E-state index in [2.05, 4.69) is 41.2 Å². The zero-order valence-corrected chi connectivity index (χ0v) is 18.7. The largest absolute Gasteiger partial charge is 0.486 e. The first kappa shape index (κ1) is 21.3. The summed E-state index contributed by atoms with van der Waals surface area (Å²) in [5.74, 6) is 8.92. The summed E-state index contributed by atoms with van der Waals surface area (Å²) >= 11 is 7.62. The summed E-state index contributed by atoms with van der Waals surface area (Å²) in [5, 5.41) is 9.44. The van der Waals surface area contributed by atoms with Crippen LogP contribution in [-0.2, 0) is 12.4 Å². The lowest BCUT2D eigenvalue weighted by molar-refractivity contribution is 0.291. The molecule has 0 fully saturated rings. The van der Waals surface area contributed by atoms with Crippen molar-refractivity contribution >= 4 is 23.4 Å². The van der Waals surface area contributed by atoms with Gasteiger partial charge >= 0.3 is 0 Å². The van der Waals surface area contributed by atoms with E-state index in [0.29, 0.717) is 33.6 Å². The van der Waals surface area contributed by atoms with Crippen molar-refractivity contribution in [2.24, 2.45) is 0 Å². The fourth-order valence-corrected chi connectivity index (χ4v) is 3.84. The van der Waals surface area contributed by atoms with Gasteiger partial charge in [0.2, 0.25) is 11.0 Å². The third-order valence-electron chi connectivity index (χ3n) is 4.66. The summed E-state index contributed by atoms with van der Waals surface area (Å²) in [6.45, 7) is 4.54. The number of halogens is 1. The molecule has 0 amide bonds. The molecule has 4 aromatic rings. The second-order valence-electron chi connectivity index (χ2n) is 7.19. The minimum Gasteiger partial charge on any atom is -0.486 e. The maximum Gasteiger partial charge on any atom is 0.227 e. The molecule has 0 unspecified atom stereocenters. The third-order valence-corrected chi connectivity index (χ3v) is 5.96. The van der Waals surface area contributed by atoms with Gasteiger partial charge in [-0.05, 0) is 35.7 Å². The smallest absolute Gasteiger partial charge is 0.227 e. The van der Waals surface area contributed by atoms with Crippen molar-refractivity contribution < 1.29 is 9.15 Å². The van der Waals surface area contributed by atoms with Crippen molar-refractivity contribution in [3.63, 3.8) is 0 Å². The Labute approximate surface area is 189 Å². The van der Waals surface area contributed by atoms with Gasteiger partial charge in [-0.25, -0.2) is 9.66 Å². The number of ether oxygens (including phenoxy) is 1. The standard InChI is InChI=1S/C22H22ClN5O2S/c1-14(2)15-7-9-17(10-8-15)29-12-20-26-27-22(28(20)24)31-13-16-11-30-21(25-16)18-5-3-4-6-19(18)23/h3-11,14H,12-13,24H2,1-2H3. The van der Waals surface area contributed by atoms with Gasteiger partial charge in [0, 0.05) is 5.75 Å². The van der Waals surface area contributed by atoms with E-state index in [1.165, 1.54) is 22.0 Å². The third kappa shape index (κ3) is 5.03. The molecule has 2 N–H and O–H groups in total. The molecule has 0 aliphatic heterocycles. The lowest BCUT2D eigenvalue weighted by Crippen LogP contribution is -2.15. The highest BCUT2D eigenvalue weighted by Crippen LogP contribution is 2.28. The zero-order valence-electron chi connectivity index (χ0n) is 17.2. The molecule has 0 saturated carbocycles. The average Bonchev–Trinajstić information content (AvgIpc) is 3.38. The number of thioether (sulfide) groups is 1. The fraction of sp³-hybridized carbons (Fsp3) is 0.227. The van der Waals surface area contributed by atoms with Crippen LogP contribution in [0.25, 0.3) is 11.5 Å².